The number of aromatic nitrogens is 6. The first-order chi connectivity index (χ1) is 18.9. The summed E-state index contributed by atoms with van der Waals surface area (Å²) in [5.74, 6) is 0.167. The summed E-state index contributed by atoms with van der Waals surface area (Å²) >= 11 is 6.52. The van der Waals surface area contributed by atoms with Gasteiger partial charge in [-0.3, -0.25) is 9.59 Å². The van der Waals surface area contributed by atoms with Crippen LogP contribution in [0.1, 0.15) is 43.3 Å². The molecule has 1 atom stereocenters. The van der Waals surface area contributed by atoms with E-state index in [2.05, 4.69) is 37.8 Å². The number of carbonyl (C=O) groups excluding carboxylic acids is 2. The second-order valence-corrected chi connectivity index (χ2v) is 9.41. The van der Waals surface area contributed by atoms with E-state index < -0.39 is 17.9 Å². The van der Waals surface area contributed by atoms with Gasteiger partial charge in [0.2, 0.25) is 11.7 Å². The number of rotatable bonds is 13. The number of nitrogens with one attached hydrogen (secondary N) is 2. The van der Waals surface area contributed by atoms with Crippen molar-refractivity contribution in [3.05, 3.63) is 70.8 Å². The Morgan fingerprint density at radius 3 is 2.54 bits per heavy atom. The smallest absolute Gasteiger partial charge is 0.324 e. The number of primary amides is 1. The monoisotopic (exact) mass is 550 g/mol. The lowest BCUT2D eigenvalue weighted by atomic mass is 9.98. The number of aryl methyl sites for hydroxylation is 1. The summed E-state index contributed by atoms with van der Waals surface area (Å²) in [6.45, 7) is 2.53. The fraction of sp³-hybridized carbons (Fsp3) is 0.333. The Kier molecular flexibility index (Phi) is 9.40. The summed E-state index contributed by atoms with van der Waals surface area (Å²) in [5, 5.41) is 17.5. The first kappa shape index (κ1) is 27.9. The van der Waals surface area contributed by atoms with E-state index in [9.17, 15) is 9.59 Å². The zero-order valence-corrected chi connectivity index (χ0v) is 22.6. The largest absolute Gasteiger partial charge is 0.458 e. The summed E-state index contributed by atoms with van der Waals surface area (Å²) in [6.07, 6.45) is 2.52. The van der Waals surface area contributed by atoms with E-state index in [1.54, 1.807) is 7.05 Å². The van der Waals surface area contributed by atoms with Crippen LogP contribution in [0.3, 0.4) is 0 Å². The number of hydrogen-bond donors (Lipinski definition) is 3. The van der Waals surface area contributed by atoms with Crippen LogP contribution in [-0.2, 0) is 33.9 Å². The number of tetrazole rings is 1. The second-order valence-electron chi connectivity index (χ2n) is 9.05. The molecule has 0 aliphatic rings. The molecule has 11 nitrogen and oxygen atoms in total. The number of likely N-dealkylation sites (N-methyl/N-ethyl adjacent to an activating group) is 1. The molecule has 0 spiro atoms. The molecule has 0 saturated heterocycles. The number of carbonyl (C=O) groups is 2. The number of halogens is 1. The molecule has 0 saturated carbocycles. The Balaban J connectivity index is 1.57. The van der Waals surface area contributed by atoms with Gasteiger partial charge in [0.25, 0.3) is 0 Å². The number of imidazole rings is 1. The Morgan fingerprint density at radius 2 is 1.90 bits per heavy atom. The fourth-order valence-electron chi connectivity index (χ4n) is 4.28. The summed E-state index contributed by atoms with van der Waals surface area (Å²) in [5.41, 5.74) is 9.74. The number of H-pyrrole nitrogens is 1. The van der Waals surface area contributed by atoms with Crippen LogP contribution in [0.2, 0.25) is 5.15 Å². The number of benzene rings is 2. The third-order valence-corrected chi connectivity index (χ3v) is 6.67. The van der Waals surface area contributed by atoms with E-state index in [4.69, 9.17) is 22.1 Å². The molecule has 4 aromatic rings. The predicted molar refractivity (Wildman–Crippen MR) is 146 cm³/mol. The van der Waals surface area contributed by atoms with Gasteiger partial charge in [0.15, 0.2) is 5.15 Å². The van der Waals surface area contributed by atoms with Gasteiger partial charge in [-0.2, -0.15) is 5.21 Å². The number of unbranched alkanes of at least 4 members (excludes halogenated alkanes) is 1. The predicted octanol–water partition coefficient (Wildman–Crippen LogP) is 3.28. The van der Waals surface area contributed by atoms with Crippen molar-refractivity contribution < 1.29 is 14.3 Å². The molecular formula is C27H31ClN8O3. The highest BCUT2D eigenvalue weighted by Crippen LogP contribution is 2.30. The molecule has 0 bridgehead atoms. The van der Waals surface area contributed by atoms with Gasteiger partial charge in [0.1, 0.15) is 18.5 Å². The quantitative estimate of drug-likeness (QED) is 0.214. The third-order valence-electron chi connectivity index (χ3n) is 6.37. The van der Waals surface area contributed by atoms with Crippen molar-refractivity contribution in [2.75, 3.05) is 7.05 Å². The lowest BCUT2D eigenvalue weighted by Gasteiger charge is -2.16. The van der Waals surface area contributed by atoms with Crippen LogP contribution in [0.5, 0.6) is 0 Å². The molecule has 1 amide bonds. The van der Waals surface area contributed by atoms with E-state index >= 15 is 0 Å². The number of nitrogens with zero attached hydrogens (tertiary/aromatic N) is 5. The lowest BCUT2D eigenvalue weighted by Crippen LogP contribution is -2.39. The molecule has 0 radical (unpaired) electrons. The van der Waals surface area contributed by atoms with Crippen molar-refractivity contribution in [3.8, 4) is 22.5 Å². The summed E-state index contributed by atoms with van der Waals surface area (Å²) in [7, 11) is 1.57. The van der Waals surface area contributed by atoms with Crippen LogP contribution in [0.4, 0.5) is 0 Å². The van der Waals surface area contributed by atoms with Gasteiger partial charge in [-0.1, -0.05) is 73.5 Å². The number of nitrogens with two attached hydrogens (primary N) is 1. The van der Waals surface area contributed by atoms with Crippen molar-refractivity contribution >= 4 is 23.5 Å². The van der Waals surface area contributed by atoms with E-state index in [0.29, 0.717) is 18.1 Å². The maximum absolute atomic E-state index is 12.5. The van der Waals surface area contributed by atoms with E-state index in [-0.39, 0.29) is 18.2 Å². The van der Waals surface area contributed by atoms with E-state index in [0.717, 1.165) is 47.3 Å². The Bertz CT molecular complexity index is 1400. The molecule has 4 rings (SSSR count). The van der Waals surface area contributed by atoms with Gasteiger partial charge in [0, 0.05) is 18.5 Å². The van der Waals surface area contributed by atoms with Crippen LogP contribution in [0.15, 0.2) is 48.5 Å². The molecule has 0 fully saturated rings. The second kappa shape index (κ2) is 13.1. The molecule has 4 N–H and O–H groups in total. The zero-order valence-electron chi connectivity index (χ0n) is 21.9. The maximum Gasteiger partial charge on any atom is 0.324 e. The molecule has 0 aliphatic carbocycles. The van der Waals surface area contributed by atoms with Crippen LogP contribution in [0.25, 0.3) is 22.5 Å². The van der Waals surface area contributed by atoms with E-state index in [1.807, 2.05) is 53.1 Å². The van der Waals surface area contributed by atoms with Crippen LogP contribution in [-0.4, -0.2) is 55.1 Å². The highest BCUT2D eigenvalue weighted by Gasteiger charge is 2.23. The standard InChI is InChI=1S/C27H31ClN8O3/c1-3-4-9-24-31-25(28)22(16-39-27(38)21(30-2)14-23(29)37)36(24)15-17-10-12-18(13-11-17)19-7-5-6-8-20(19)26-32-34-35-33-26/h5-8,10-13,21,30H,3-4,9,14-16H2,1-2H3,(H2,29,37)(H,32,33,34,35). The van der Waals surface area contributed by atoms with Crippen molar-refractivity contribution in [2.45, 2.75) is 51.8 Å². The summed E-state index contributed by atoms with van der Waals surface area (Å²) in [4.78, 5) is 28.4. The summed E-state index contributed by atoms with van der Waals surface area (Å²) < 4.78 is 7.51. The molecule has 39 heavy (non-hydrogen) atoms. The molecular weight excluding hydrogens is 520 g/mol. The fourth-order valence-corrected chi connectivity index (χ4v) is 4.53. The normalized spacial score (nSPS) is 11.9. The minimum Gasteiger partial charge on any atom is -0.458 e. The molecule has 2 aromatic heterocycles. The maximum atomic E-state index is 12.5. The molecule has 1 unspecified atom stereocenters. The van der Waals surface area contributed by atoms with Crippen LogP contribution in [0, 0.1) is 0 Å². The molecule has 204 valence electrons. The first-order valence-corrected chi connectivity index (χ1v) is 13.1. The third kappa shape index (κ3) is 6.87. The van der Waals surface area contributed by atoms with Gasteiger partial charge in [-0.15, -0.1) is 10.2 Å². The molecule has 2 aromatic carbocycles. The van der Waals surface area contributed by atoms with Crippen molar-refractivity contribution in [3.63, 3.8) is 0 Å². The number of aromatic amines is 1. The number of hydrogen-bond acceptors (Lipinski definition) is 8. The number of esters is 1. The lowest BCUT2D eigenvalue weighted by molar-refractivity contribution is -0.148. The minimum atomic E-state index is -0.833. The Morgan fingerprint density at radius 1 is 1.15 bits per heavy atom. The minimum absolute atomic E-state index is 0.0795. The van der Waals surface area contributed by atoms with Gasteiger partial charge in [0.05, 0.1) is 12.1 Å². The highest BCUT2D eigenvalue weighted by atomic mass is 35.5. The van der Waals surface area contributed by atoms with Crippen molar-refractivity contribution in [1.29, 1.82) is 0 Å². The SMILES string of the molecule is CCCCc1nc(Cl)c(COC(=O)C(CC(N)=O)NC)n1Cc1ccc(-c2ccccc2-c2nn[nH]n2)cc1. The van der Waals surface area contributed by atoms with Gasteiger partial charge in [-0.25, -0.2) is 4.98 Å². The molecule has 12 heteroatoms. The van der Waals surface area contributed by atoms with Gasteiger partial charge >= 0.3 is 5.97 Å². The average Bonchev–Trinajstić information content (AvgIpc) is 3.58. The average molecular weight is 551 g/mol. The van der Waals surface area contributed by atoms with E-state index in [1.165, 1.54) is 0 Å². The first-order valence-electron chi connectivity index (χ1n) is 12.7. The summed E-state index contributed by atoms with van der Waals surface area (Å²) in [6, 6.07) is 15.2. The zero-order chi connectivity index (χ0) is 27.8. The number of ether oxygens (including phenoxy) is 1. The Labute approximate surface area is 231 Å². The van der Waals surface area contributed by atoms with Crippen LogP contribution < -0.4 is 11.1 Å². The van der Waals surface area contributed by atoms with Crippen molar-refractivity contribution in [2.24, 2.45) is 5.73 Å². The number of amides is 1. The highest BCUT2D eigenvalue weighted by molar-refractivity contribution is 6.30. The molecule has 0 aliphatic heterocycles. The van der Waals surface area contributed by atoms with Crippen molar-refractivity contribution in [1.82, 2.24) is 35.5 Å². The van der Waals surface area contributed by atoms with Gasteiger partial charge in [-0.05, 0) is 35.4 Å². The molecule has 2 heterocycles. The Hall–Kier alpha value is -4.09. The van der Waals surface area contributed by atoms with Gasteiger partial charge < -0.3 is 20.4 Å². The topological polar surface area (TPSA) is 154 Å². The van der Waals surface area contributed by atoms with Crippen LogP contribution >= 0.6 is 11.6 Å².